The summed E-state index contributed by atoms with van der Waals surface area (Å²) in [6, 6.07) is 0. The Morgan fingerprint density at radius 2 is 0.630 bits per heavy atom. The lowest BCUT2D eigenvalue weighted by molar-refractivity contribution is -0.128. The van der Waals surface area contributed by atoms with Gasteiger partial charge in [0.25, 0.3) is 0 Å². The lowest BCUT2D eigenvalue weighted by Crippen LogP contribution is -2.34. The fourth-order valence-electron chi connectivity index (χ4n) is 3.66. The van der Waals surface area contributed by atoms with Crippen LogP contribution in [0.5, 0.6) is 0 Å². The number of Topliss-reactive ketones (excluding diaryl/α,β-unsaturated/α-hetero) is 2. The minimum absolute atomic E-state index is 0.199. The lowest BCUT2D eigenvalue weighted by atomic mass is 9.89. The van der Waals surface area contributed by atoms with Crippen molar-refractivity contribution in [1.82, 2.24) is 4.90 Å². The van der Waals surface area contributed by atoms with Gasteiger partial charge in [0.2, 0.25) is 0 Å². The van der Waals surface area contributed by atoms with E-state index in [2.05, 4.69) is 4.90 Å². The zero-order valence-corrected chi connectivity index (χ0v) is 30.2. The quantitative estimate of drug-likeness (QED) is 0.0937. The molecule has 0 amide bonds. The molecule has 0 fully saturated rings. The zero-order chi connectivity index (χ0) is 34.4. The number of hydrogen-bond acceptors (Lipinski definition) is 12. The van der Waals surface area contributed by atoms with E-state index in [0.29, 0.717) is 132 Å². The van der Waals surface area contributed by atoms with Crippen molar-refractivity contribution >= 4 is 11.6 Å². The van der Waals surface area contributed by atoms with Gasteiger partial charge in [0, 0.05) is 49.9 Å². The summed E-state index contributed by atoms with van der Waals surface area (Å²) in [6.07, 6.45) is 0.849. The summed E-state index contributed by atoms with van der Waals surface area (Å²) in [4.78, 5) is 26.1. The van der Waals surface area contributed by atoms with Crippen LogP contribution in [0.15, 0.2) is 0 Å². The van der Waals surface area contributed by atoms with Gasteiger partial charge in [0.05, 0.1) is 112 Å². The third kappa shape index (κ3) is 30.3. The van der Waals surface area contributed by atoms with Crippen LogP contribution in [0, 0.1) is 10.8 Å². The second-order valence-corrected chi connectivity index (χ2v) is 12.8. The highest BCUT2D eigenvalue weighted by Crippen LogP contribution is 2.17. The molecule has 12 nitrogen and oxygen atoms in total. The molecule has 0 aromatic carbocycles. The highest BCUT2D eigenvalue weighted by Gasteiger charge is 2.21. The molecule has 0 spiro atoms. The summed E-state index contributed by atoms with van der Waals surface area (Å²) in [7, 11) is 0. The summed E-state index contributed by atoms with van der Waals surface area (Å²) in [5.41, 5.74) is -0.652. The first kappa shape index (κ1) is 44.9. The van der Waals surface area contributed by atoms with Gasteiger partial charge in [-0.3, -0.25) is 14.5 Å². The van der Waals surface area contributed by atoms with Crippen molar-refractivity contribution in [2.75, 3.05) is 139 Å². The average molecular weight is 666 g/mol. The van der Waals surface area contributed by atoms with Gasteiger partial charge in [-0.05, 0) is 6.92 Å². The number of hydrogen-bond donors (Lipinski definition) is 0. The summed E-state index contributed by atoms with van der Waals surface area (Å²) < 4.78 is 50.1. The van der Waals surface area contributed by atoms with Gasteiger partial charge in [0.1, 0.15) is 11.6 Å². The van der Waals surface area contributed by atoms with E-state index in [4.69, 9.17) is 42.6 Å². The average Bonchev–Trinajstić information content (AvgIpc) is 2.99. The molecule has 0 rings (SSSR count). The fourth-order valence-corrected chi connectivity index (χ4v) is 3.66. The number of carbonyl (C=O) groups is 2. The maximum Gasteiger partial charge on any atom is 0.140 e. The Morgan fingerprint density at radius 1 is 0.391 bits per heavy atom. The Labute approximate surface area is 279 Å². The molecule has 0 heterocycles. The van der Waals surface area contributed by atoms with Gasteiger partial charge in [-0.15, -0.1) is 0 Å². The van der Waals surface area contributed by atoms with E-state index >= 15 is 0 Å². The summed E-state index contributed by atoms with van der Waals surface area (Å²) in [5, 5.41) is 0. The van der Waals surface area contributed by atoms with Crippen molar-refractivity contribution in [2.24, 2.45) is 10.8 Å². The molecule has 0 atom stereocenters. The highest BCUT2D eigenvalue weighted by molar-refractivity contribution is 5.84. The molecular formula is C34H67NO11. The molecule has 0 saturated heterocycles. The van der Waals surface area contributed by atoms with Crippen LogP contribution in [0.1, 0.15) is 61.3 Å². The molecule has 0 bridgehead atoms. The summed E-state index contributed by atoms with van der Waals surface area (Å²) >= 11 is 0. The number of carbonyl (C=O) groups excluding carboxylic acids is 2. The number of ether oxygens (including phenoxy) is 9. The maximum atomic E-state index is 11.9. The Hall–Kier alpha value is -1.06. The predicted molar refractivity (Wildman–Crippen MR) is 178 cm³/mol. The van der Waals surface area contributed by atoms with Crippen LogP contribution in [0.4, 0.5) is 0 Å². The van der Waals surface area contributed by atoms with E-state index in [9.17, 15) is 9.59 Å². The Bertz CT molecular complexity index is 662. The smallest absolute Gasteiger partial charge is 0.140 e. The Kier molecular flexibility index (Phi) is 29.3. The maximum absolute atomic E-state index is 11.9. The van der Waals surface area contributed by atoms with Gasteiger partial charge < -0.3 is 42.6 Å². The monoisotopic (exact) mass is 665 g/mol. The third-order valence-electron chi connectivity index (χ3n) is 6.71. The first-order chi connectivity index (χ1) is 22.0. The molecule has 0 radical (unpaired) electrons. The van der Waals surface area contributed by atoms with Crippen LogP contribution < -0.4 is 0 Å². The second kappa shape index (κ2) is 30.0. The second-order valence-electron chi connectivity index (χ2n) is 12.8. The zero-order valence-electron chi connectivity index (χ0n) is 30.2. The van der Waals surface area contributed by atoms with E-state index in [1.165, 1.54) is 0 Å². The van der Waals surface area contributed by atoms with E-state index in [0.717, 1.165) is 19.6 Å². The van der Waals surface area contributed by atoms with Crippen LogP contribution >= 0.6 is 0 Å². The van der Waals surface area contributed by atoms with Crippen molar-refractivity contribution in [2.45, 2.75) is 61.3 Å². The van der Waals surface area contributed by atoms with Gasteiger partial charge in [0.15, 0.2) is 0 Å². The van der Waals surface area contributed by atoms with Crippen molar-refractivity contribution in [3.05, 3.63) is 0 Å². The molecule has 274 valence electrons. The molecule has 12 heteroatoms. The molecule has 0 aromatic heterocycles. The molecule has 0 aliphatic heterocycles. The van der Waals surface area contributed by atoms with Crippen molar-refractivity contribution in [3.8, 4) is 0 Å². The molecule has 0 unspecified atom stereocenters. The topological polar surface area (TPSA) is 120 Å². The molecular weight excluding hydrogens is 598 g/mol. The van der Waals surface area contributed by atoms with Crippen molar-refractivity contribution in [3.63, 3.8) is 0 Å². The van der Waals surface area contributed by atoms with Crippen LogP contribution in [-0.2, 0) is 52.2 Å². The highest BCUT2D eigenvalue weighted by atomic mass is 16.6. The van der Waals surface area contributed by atoms with Crippen LogP contribution in [0.3, 0.4) is 0 Å². The van der Waals surface area contributed by atoms with Gasteiger partial charge in [-0.2, -0.15) is 0 Å². The fraction of sp³-hybridized carbons (Fsp3) is 0.941. The molecule has 0 saturated carbocycles. The summed E-state index contributed by atoms with van der Waals surface area (Å²) in [6.45, 7) is 25.0. The van der Waals surface area contributed by atoms with Gasteiger partial charge in [-0.1, -0.05) is 41.5 Å². The van der Waals surface area contributed by atoms with E-state index in [-0.39, 0.29) is 22.4 Å². The van der Waals surface area contributed by atoms with E-state index in [1.54, 1.807) is 0 Å². The number of rotatable bonds is 34. The number of ketones is 2. The minimum atomic E-state index is -0.326. The third-order valence-corrected chi connectivity index (χ3v) is 6.71. The van der Waals surface area contributed by atoms with Crippen molar-refractivity contribution < 1.29 is 52.2 Å². The van der Waals surface area contributed by atoms with Crippen LogP contribution in [-0.4, -0.2) is 155 Å². The van der Waals surface area contributed by atoms with E-state index < -0.39 is 0 Å². The molecule has 0 N–H and O–H groups in total. The standard InChI is InChI=1S/C34H67NO11/c1-8-38-19-20-44-28-23-41-16-11-35(12-17-42-24-29-45-26-21-39-14-9-31(36)33(2,3)4)13-18-43-25-30-46-27-22-40-15-10-32(37)34(5,6)7/h8-30H2,1-7H3. The Balaban J connectivity index is 4.01. The first-order valence-corrected chi connectivity index (χ1v) is 17.0. The van der Waals surface area contributed by atoms with Crippen molar-refractivity contribution in [1.29, 1.82) is 0 Å². The molecule has 0 aliphatic rings. The predicted octanol–water partition coefficient (Wildman–Crippen LogP) is 3.47. The SMILES string of the molecule is CCOCCOCCOCCN(CCOCCOCCOCCC(=O)C(C)(C)C)CCOCCOCCOCCC(=O)C(C)(C)C. The van der Waals surface area contributed by atoms with Crippen LogP contribution in [0.25, 0.3) is 0 Å². The van der Waals surface area contributed by atoms with Gasteiger partial charge >= 0.3 is 0 Å². The van der Waals surface area contributed by atoms with Gasteiger partial charge in [-0.25, -0.2) is 0 Å². The molecule has 0 aliphatic carbocycles. The Morgan fingerprint density at radius 3 is 0.891 bits per heavy atom. The number of nitrogens with zero attached hydrogens (tertiary/aromatic N) is 1. The minimum Gasteiger partial charge on any atom is -0.379 e. The summed E-state index contributed by atoms with van der Waals surface area (Å²) in [5.74, 6) is 0.399. The molecule has 0 aromatic rings. The first-order valence-electron chi connectivity index (χ1n) is 17.0. The molecule has 46 heavy (non-hydrogen) atoms. The normalized spacial score (nSPS) is 12.3. The van der Waals surface area contributed by atoms with E-state index in [1.807, 2.05) is 48.5 Å². The van der Waals surface area contributed by atoms with Crippen LogP contribution in [0.2, 0.25) is 0 Å². The largest absolute Gasteiger partial charge is 0.379 e. The lowest BCUT2D eigenvalue weighted by Gasteiger charge is -2.22.